The highest BCUT2D eigenvalue weighted by atomic mass is 16.1. The molecular formula is C16H16N4O. The molecule has 0 aliphatic heterocycles. The molecule has 2 N–H and O–H groups in total. The van der Waals surface area contributed by atoms with Gasteiger partial charge in [-0.15, -0.1) is 0 Å². The van der Waals surface area contributed by atoms with Crippen LogP contribution in [0.2, 0.25) is 0 Å². The minimum absolute atomic E-state index is 0.0284. The van der Waals surface area contributed by atoms with Gasteiger partial charge in [0, 0.05) is 36.8 Å². The van der Waals surface area contributed by atoms with Crippen molar-refractivity contribution in [2.24, 2.45) is 12.8 Å². The highest BCUT2D eigenvalue weighted by Gasteiger charge is 2.18. The summed E-state index contributed by atoms with van der Waals surface area (Å²) in [4.78, 5) is 16.7. The summed E-state index contributed by atoms with van der Waals surface area (Å²) in [6.45, 7) is 0. The Bertz CT molecular complexity index is 788. The van der Waals surface area contributed by atoms with Crippen molar-refractivity contribution in [3.8, 4) is 0 Å². The van der Waals surface area contributed by atoms with Crippen molar-refractivity contribution in [2.75, 3.05) is 0 Å². The van der Waals surface area contributed by atoms with Crippen LogP contribution >= 0.6 is 0 Å². The van der Waals surface area contributed by atoms with Crippen molar-refractivity contribution in [3.05, 3.63) is 60.0 Å². The maximum absolute atomic E-state index is 12.4. The van der Waals surface area contributed by atoms with Gasteiger partial charge in [0.05, 0.1) is 17.8 Å². The molecule has 5 nitrogen and oxygen atoms in total. The predicted molar refractivity (Wildman–Crippen MR) is 80.6 cm³/mol. The summed E-state index contributed by atoms with van der Waals surface area (Å²) in [5.74, 6) is -0.0284. The van der Waals surface area contributed by atoms with Crippen LogP contribution in [-0.4, -0.2) is 20.5 Å². The topological polar surface area (TPSA) is 73.8 Å². The molecule has 106 valence electrons. The number of benzene rings is 1. The van der Waals surface area contributed by atoms with Gasteiger partial charge >= 0.3 is 0 Å². The standard InChI is InChI=1S/C16H16N4O/c1-20-10-12(9-19-20)16(17)15(21)8-11-6-7-18-14-5-3-2-4-13(11)14/h2-7,9-10,16H,8,17H2,1H3. The van der Waals surface area contributed by atoms with E-state index in [9.17, 15) is 4.79 Å². The number of nitrogens with zero attached hydrogens (tertiary/aromatic N) is 3. The van der Waals surface area contributed by atoms with E-state index in [1.807, 2.05) is 30.3 Å². The molecule has 0 radical (unpaired) electrons. The van der Waals surface area contributed by atoms with E-state index in [-0.39, 0.29) is 5.78 Å². The van der Waals surface area contributed by atoms with Crippen LogP contribution in [0.25, 0.3) is 10.9 Å². The monoisotopic (exact) mass is 280 g/mol. The van der Waals surface area contributed by atoms with Gasteiger partial charge in [-0.2, -0.15) is 5.10 Å². The Balaban J connectivity index is 1.86. The van der Waals surface area contributed by atoms with E-state index in [1.165, 1.54) is 0 Å². The highest BCUT2D eigenvalue weighted by molar-refractivity contribution is 5.91. The summed E-state index contributed by atoms with van der Waals surface area (Å²) in [5.41, 5.74) is 8.60. The summed E-state index contributed by atoms with van der Waals surface area (Å²) in [5, 5.41) is 5.04. The van der Waals surface area contributed by atoms with Crippen molar-refractivity contribution in [1.29, 1.82) is 0 Å². The Hall–Kier alpha value is -2.53. The molecule has 0 amide bonds. The van der Waals surface area contributed by atoms with Gasteiger partial charge in [0.25, 0.3) is 0 Å². The Morgan fingerprint density at radius 1 is 1.33 bits per heavy atom. The Labute approximate surface area is 122 Å². The quantitative estimate of drug-likeness (QED) is 0.790. The third-order valence-electron chi connectivity index (χ3n) is 3.53. The Morgan fingerprint density at radius 2 is 2.14 bits per heavy atom. The molecule has 21 heavy (non-hydrogen) atoms. The van der Waals surface area contributed by atoms with E-state index in [2.05, 4.69) is 10.1 Å². The van der Waals surface area contributed by atoms with Gasteiger partial charge in [0.1, 0.15) is 0 Å². The number of aromatic nitrogens is 3. The van der Waals surface area contributed by atoms with E-state index in [1.54, 1.807) is 30.3 Å². The zero-order valence-corrected chi connectivity index (χ0v) is 11.7. The van der Waals surface area contributed by atoms with E-state index in [4.69, 9.17) is 5.73 Å². The van der Waals surface area contributed by atoms with Gasteiger partial charge in [-0.25, -0.2) is 0 Å². The molecule has 1 unspecified atom stereocenters. The number of rotatable bonds is 4. The lowest BCUT2D eigenvalue weighted by molar-refractivity contribution is -0.119. The smallest absolute Gasteiger partial charge is 0.158 e. The number of ketones is 1. The molecule has 0 aliphatic carbocycles. The molecular weight excluding hydrogens is 264 g/mol. The van der Waals surface area contributed by atoms with Crippen LogP contribution in [0.3, 0.4) is 0 Å². The maximum atomic E-state index is 12.4. The minimum Gasteiger partial charge on any atom is -0.318 e. The molecule has 3 rings (SSSR count). The zero-order valence-electron chi connectivity index (χ0n) is 11.7. The molecule has 0 saturated carbocycles. The summed E-state index contributed by atoms with van der Waals surface area (Å²) in [6, 6.07) is 9.01. The molecule has 0 fully saturated rings. The van der Waals surface area contributed by atoms with Gasteiger partial charge in [-0.05, 0) is 17.7 Å². The molecule has 2 heterocycles. The predicted octanol–water partition coefficient (Wildman–Crippen LogP) is 1.78. The number of carbonyl (C=O) groups excluding carboxylic acids is 1. The first kappa shape index (κ1) is 13.5. The normalized spacial score (nSPS) is 12.5. The number of Topliss-reactive ketones (excluding diaryl/α,β-unsaturated/α-hetero) is 1. The molecule has 0 bridgehead atoms. The average Bonchev–Trinajstić information content (AvgIpc) is 2.93. The molecule has 2 aromatic heterocycles. The van der Waals surface area contributed by atoms with Gasteiger partial charge < -0.3 is 5.73 Å². The number of nitrogens with two attached hydrogens (primary N) is 1. The van der Waals surface area contributed by atoms with Crippen LogP contribution < -0.4 is 5.73 Å². The number of carbonyl (C=O) groups is 1. The lowest BCUT2D eigenvalue weighted by Crippen LogP contribution is -2.22. The fraction of sp³-hybridized carbons (Fsp3) is 0.188. The van der Waals surface area contributed by atoms with Crippen molar-refractivity contribution in [2.45, 2.75) is 12.5 Å². The second-order valence-electron chi connectivity index (χ2n) is 5.06. The van der Waals surface area contributed by atoms with Crippen LogP contribution in [0.1, 0.15) is 17.2 Å². The van der Waals surface area contributed by atoms with Crippen LogP contribution in [-0.2, 0) is 18.3 Å². The van der Waals surface area contributed by atoms with Crippen LogP contribution in [0.5, 0.6) is 0 Å². The maximum Gasteiger partial charge on any atom is 0.158 e. The van der Waals surface area contributed by atoms with Crippen molar-refractivity contribution in [1.82, 2.24) is 14.8 Å². The summed E-state index contributed by atoms with van der Waals surface area (Å²) >= 11 is 0. The highest BCUT2D eigenvalue weighted by Crippen LogP contribution is 2.19. The molecule has 0 saturated heterocycles. The zero-order chi connectivity index (χ0) is 14.8. The van der Waals surface area contributed by atoms with Gasteiger partial charge in [0.2, 0.25) is 0 Å². The molecule has 0 spiro atoms. The van der Waals surface area contributed by atoms with E-state index in [0.29, 0.717) is 6.42 Å². The third-order valence-corrected chi connectivity index (χ3v) is 3.53. The van der Waals surface area contributed by atoms with Crippen molar-refractivity contribution < 1.29 is 4.79 Å². The lowest BCUT2D eigenvalue weighted by Gasteiger charge is -2.10. The number of hydrogen-bond acceptors (Lipinski definition) is 4. The number of pyridine rings is 1. The number of hydrogen-bond donors (Lipinski definition) is 1. The lowest BCUT2D eigenvalue weighted by atomic mass is 9.98. The van der Waals surface area contributed by atoms with Gasteiger partial charge in [-0.1, -0.05) is 18.2 Å². The van der Waals surface area contributed by atoms with Crippen LogP contribution in [0.15, 0.2) is 48.9 Å². The molecule has 1 aromatic carbocycles. The second-order valence-corrected chi connectivity index (χ2v) is 5.06. The third kappa shape index (κ3) is 2.68. The number of aryl methyl sites for hydroxylation is 1. The van der Waals surface area contributed by atoms with Gasteiger partial charge in [-0.3, -0.25) is 14.5 Å². The van der Waals surface area contributed by atoms with Crippen molar-refractivity contribution >= 4 is 16.7 Å². The molecule has 3 aromatic rings. The van der Waals surface area contributed by atoms with E-state index >= 15 is 0 Å². The average molecular weight is 280 g/mol. The number of para-hydroxylation sites is 1. The van der Waals surface area contributed by atoms with E-state index < -0.39 is 6.04 Å². The Morgan fingerprint density at radius 3 is 2.90 bits per heavy atom. The molecule has 1 atom stereocenters. The second kappa shape index (κ2) is 5.46. The first-order chi connectivity index (χ1) is 10.1. The van der Waals surface area contributed by atoms with Crippen molar-refractivity contribution in [3.63, 3.8) is 0 Å². The summed E-state index contributed by atoms with van der Waals surface area (Å²) < 4.78 is 1.64. The summed E-state index contributed by atoms with van der Waals surface area (Å²) in [6.07, 6.45) is 5.42. The van der Waals surface area contributed by atoms with E-state index in [0.717, 1.165) is 22.0 Å². The Kier molecular flexibility index (Phi) is 3.50. The van der Waals surface area contributed by atoms with Crippen LogP contribution in [0, 0.1) is 0 Å². The first-order valence-electron chi connectivity index (χ1n) is 6.74. The first-order valence-corrected chi connectivity index (χ1v) is 6.74. The summed E-state index contributed by atoms with van der Waals surface area (Å²) in [7, 11) is 1.80. The molecule has 5 heteroatoms. The van der Waals surface area contributed by atoms with Gasteiger partial charge in [0.15, 0.2) is 5.78 Å². The minimum atomic E-state index is -0.648. The SMILES string of the molecule is Cn1cc(C(N)C(=O)Cc2ccnc3ccccc23)cn1. The fourth-order valence-corrected chi connectivity index (χ4v) is 2.39. The number of fused-ring (bicyclic) bond motifs is 1. The van der Waals surface area contributed by atoms with Crippen LogP contribution in [0.4, 0.5) is 0 Å². The fourth-order valence-electron chi connectivity index (χ4n) is 2.39. The largest absolute Gasteiger partial charge is 0.318 e. The molecule has 0 aliphatic rings.